The molecule has 2 aliphatic carbocycles. The minimum absolute atomic E-state index is 0.0667. The minimum Gasteiger partial charge on any atom is -0.481 e. The Morgan fingerprint density at radius 2 is 2.18 bits per heavy atom. The molecule has 1 atom stereocenters. The van der Waals surface area contributed by atoms with Gasteiger partial charge in [0.1, 0.15) is 15.7 Å². The molecule has 2 aromatic heterocycles. The highest BCUT2D eigenvalue weighted by molar-refractivity contribution is 8.00. The van der Waals surface area contributed by atoms with E-state index in [0.29, 0.717) is 5.92 Å². The van der Waals surface area contributed by atoms with E-state index in [9.17, 15) is 4.79 Å². The fraction of sp³-hybridized carbons (Fsp3) is 0.562. The van der Waals surface area contributed by atoms with Crippen LogP contribution in [0.15, 0.2) is 5.03 Å². The van der Waals surface area contributed by atoms with Crippen LogP contribution in [0.2, 0.25) is 0 Å². The number of thioether (sulfide) groups is 1. The molecule has 4 nitrogen and oxygen atoms in total. The van der Waals surface area contributed by atoms with E-state index < -0.39 is 5.97 Å². The summed E-state index contributed by atoms with van der Waals surface area (Å²) in [6.07, 6.45) is 5.72. The van der Waals surface area contributed by atoms with Crippen LogP contribution in [0.5, 0.6) is 0 Å². The topological polar surface area (TPSA) is 63.1 Å². The summed E-state index contributed by atoms with van der Waals surface area (Å²) in [5.41, 5.74) is 1.38. The monoisotopic (exact) mass is 334 g/mol. The largest absolute Gasteiger partial charge is 0.481 e. The van der Waals surface area contributed by atoms with E-state index in [4.69, 9.17) is 15.1 Å². The van der Waals surface area contributed by atoms with Crippen LogP contribution >= 0.6 is 23.1 Å². The maximum atomic E-state index is 10.9. The molecule has 0 aromatic carbocycles. The normalized spacial score (nSPS) is 21.0. The summed E-state index contributed by atoms with van der Waals surface area (Å²) in [6.45, 7) is 2.30. The van der Waals surface area contributed by atoms with Crippen molar-refractivity contribution >= 4 is 39.3 Å². The summed E-state index contributed by atoms with van der Waals surface area (Å²) in [5.74, 6) is 1.42. The highest BCUT2D eigenvalue weighted by Gasteiger charge is 2.30. The van der Waals surface area contributed by atoms with Crippen LogP contribution in [0.1, 0.15) is 48.4 Å². The molecule has 22 heavy (non-hydrogen) atoms. The van der Waals surface area contributed by atoms with Crippen molar-refractivity contribution < 1.29 is 9.90 Å². The van der Waals surface area contributed by atoms with Crippen molar-refractivity contribution in [3.63, 3.8) is 0 Å². The lowest BCUT2D eigenvalue weighted by molar-refractivity contribution is -0.133. The van der Waals surface area contributed by atoms with Gasteiger partial charge in [-0.25, -0.2) is 9.97 Å². The molecule has 1 N–H and O–H groups in total. The molecule has 0 unspecified atom stereocenters. The summed E-state index contributed by atoms with van der Waals surface area (Å²) in [6, 6.07) is 0. The van der Waals surface area contributed by atoms with E-state index in [1.165, 1.54) is 28.6 Å². The van der Waals surface area contributed by atoms with Gasteiger partial charge in [-0.1, -0.05) is 18.7 Å². The fourth-order valence-electron chi connectivity index (χ4n) is 3.08. The van der Waals surface area contributed by atoms with Gasteiger partial charge in [0.25, 0.3) is 0 Å². The Bertz CT molecular complexity index is 752. The van der Waals surface area contributed by atoms with Gasteiger partial charge >= 0.3 is 5.97 Å². The second-order valence-corrected chi connectivity index (χ2v) is 8.42. The molecule has 2 heterocycles. The Morgan fingerprint density at radius 3 is 2.91 bits per heavy atom. The quantitative estimate of drug-likeness (QED) is 0.679. The molecule has 4 rings (SSSR count). The number of hydrogen-bond acceptors (Lipinski definition) is 5. The molecule has 2 aromatic rings. The molecule has 0 saturated heterocycles. The second-order valence-electron chi connectivity index (χ2n) is 6.38. The molecular formula is C16H18N2O2S2. The highest BCUT2D eigenvalue weighted by atomic mass is 32.2. The lowest BCUT2D eigenvalue weighted by Gasteiger charge is -2.18. The van der Waals surface area contributed by atoms with Crippen molar-refractivity contribution in [1.29, 1.82) is 0 Å². The number of fused-ring (bicyclic) bond motifs is 3. The van der Waals surface area contributed by atoms with Gasteiger partial charge < -0.3 is 5.11 Å². The van der Waals surface area contributed by atoms with Gasteiger partial charge in [0.05, 0.1) is 5.75 Å². The molecular weight excluding hydrogens is 316 g/mol. The van der Waals surface area contributed by atoms with Gasteiger partial charge in [0, 0.05) is 16.2 Å². The average Bonchev–Trinajstić information content (AvgIpc) is 3.25. The first-order valence-electron chi connectivity index (χ1n) is 7.78. The molecule has 1 saturated carbocycles. The van der Waals surface area contributed by atoms with Crippen LogP contribution in [-0.2, 0) is 17.6 Å². The van der Waals surface area contributed by atoms with Crippen LogP contribution in [0.4, 0.5) is 0 Å². The first-order valence-corrected chi connectivity index (χ1v) is 9.58. The number of hydrogen-bond donors (Lipinski definition) is 1. The molecule has 0 amide bonds. The lowest BCUT2D eigenvalue weighted by atomic mass is 9.89. The Balaban J connectivity index is 1.83. The average molecular weight is 334 g/mol. The first kappa shape index (κ1) is 14.5. The van der Waals surface area contributed by atoms with Gasteiger partial charge in [-0.15, -0.1) is 11.3 Å². The lowest BCUT2D eigenvalue weighted by Crippen LogP contribution is -2.09. The number of nitrogens with zero attached hydrogens (tertiary/aromatic N) is 2. The molecule has 1 fully saturated rings. The van der Waals surface area contributed by atoms with Crippen molar-refractivity contribution in [3.05, 3.63) is 16.3 Å². The standard InChI is InChI=1S/C16H18N2O2S2/c1-8-2-5-10-11(6-8)22-16-13(10)15(21-7-12(19)20)17-14(18-16)9-3-4-9/h8-9H,2-7H2,1H3,(H,19,20)/t8-/m1/s1. The van der Waals surface area contributed by atoms with Gasteiger partial charge in [0.2, 0.25) is 0 Å². The zero-order valence-corrected chi connectivity index (χ0v) is 14.1. The predicted molar refractivity (Wildman–Crippen MR) is 88.9 cm³/mol. The number of thiophene rings is 1. The number of carbonyl (C=O) groups is 1. The number of carboxylic acids is 1. The third-order valence-corrected chi connectivity index (χ3v) is 6.52. The van der Waals surface area contributed by atoms with Crippen molar-refractivity contribution in [3.8, 4) is 0 Å². The third-order valence-electron chi connectivity index (χ3n) is 4.41. The molecule has 116 valence electrons. The molecule has 0 aliphatic heterocycles. The van der Waals surface area contributed by atoms with Crippen molar-refractivity contribution in [1.82, 2.24) is 9.97 Å². The van der Waals surface area contributed by atoms with Gasteiger partial charge in [-0.2, -0.15) is 0 Å². The van der Waals surface area contributed by atoms with Gasteiger partial charge in [0.15, 0.2) is 0 Å². The summed E-state index contributed by atoms with van der Waals surface area (Å²) >= 11 is 3.15. The highest BCUT2D eigenvalue weighted by Crippen LogP contribution is 2.44. The van der Waals surface area contributed by atoms with E-state index in [-0.39, 0.29) is 5.75 Å². The van der Waals surface area contributed by atoms with Crippen molar-refractivity contribution in [2.75, 3.05) is 5.75 Å². The predicted octanol–water partition coefficient (Wildman–Crippen LogP) is 3.87. The van der Waals surface area contributed by atoms with Gasteiger partial charge in [-0.3, -0.25) is 4.79 Å². The van der Waals surface area contributed by atoms with E-state index in [0.717, 1.165) is 52.7 Å². The Hall–Kier alpha value is -1.14. The zero-order chi connectivity index (χ0) is 15.3. The van der Waals surface area contributed by atoms with Crippen molar-refractivity contribution in [2.24, 2.45) is 5.92 Å². The molecule has 0 bridgehead atoms. The number of aliphatic carboxylic acids is 1. The molecule has 0 spiro atoms. The third kappa shape index (κ3) is 2.63. The first-order chi connectivity index (χ1) is 10.6. The molecule has 0 radical (unpaired) electrons. The summed E-state index contributed by atoms with van der Waals surface area (Å²) < 4.78 is 0. The Morgan fingerprint density at radius 1 is 1.36 bits per heavy atom. The maximum Gasteiger partial charge on any atom is 0.313 e. The van der Waals surface area contributed by atoms with Crippen LogP contribution in [-0.4, -0.2) is 26.8 Å². The van der Waals surface area contributed by atoms with Crippen LogP contribution in [0.3, 0.4) is 0 Å². The summed E-state index contributed by atoms with van der Waals surface area (Å²) in [4.78, 5) is 23.0. The number of carboxylic acid groups (broad SMARTS) is 1. The van der Waals surface area contributed by atoms with Crippen LogP contribution in [0.25, 0.3) is 10.2 Å². The molecule has 2 aliphatic rings. The minimum atomic E-state index is -0.789. The summed E-state index contributed by atoms with van der Waals surface area (Å²) in [7, 11) is 0. The second kappa shape index (κ2) is 5.49. The maximum absolute atomic E-state index is 10.9. The van der Waals surface area contributed by atoms with E-state index in [1.807, 2.05) is 0 Å². The van der Waals surface area contributed by atoms with E-state index in [2.05, 4.69) is 6.92 Å². The van der Waals surface area contributed by atoms with E-state index in [1.54, 1.807) is 11.3 Å². The molecule has 6 heteroatoms. The van der Waals surface area contributed by atoms with E-state index >= 15 is 0 Å². The van der Waals surface area contributed by atoms with Crippen LogP contribution < -0.4 is 0 Å². The number of aryl methyl sites for hydroxylation is 1. The summed E-state index contributed by atoms with van der Waals surface area (Å²) in [5, 5.41) is 11.0. The zero-order valence-electron chi connectivity index (χ0n) is 12.5. The SMILES string of the molecule is C[C@@H]1CCc2c(sc3nc(C4CC4)nc(SCC(=O)O)c23)C1. The van der Waals surface area contributed by atoms with Gasteiger partial charge in [-0.05, 0) is 43.6 Å². The smallest absolute Gasteiger partial charge is 0.313 e. The number of rotatable bonds is 4. The Labute approximate surface area is 137 Å². The van der Waals surface area contributed by atoms with Crippen molar-refractivity contribution in [2.45, 2.75) is 50.0 Å². The number of aromatic nitrogens is 2. The van der Waals surface area contributed by atoms with Crippen LogP contribution in [0, 0.1) is 5.92 Å². The fourth-order valence-corrected chi connectivity index (χ4v) is 5.32. The Kier molecular flexibility index (Phi) is 3.61.